The van der Waals surface area contributed by atoms with Crippen molar-refractivity contribution in [1.29, 1.82) is 0 Å². The Morgan fingerprint density at radius 2 is 2.12 bits per heavy atom. The second kappa shape index (κ2) is 5.43. The van der Waals surface area contributed by atoms with E-state index < -0.39 is 0 Å². The topological polar surface area (TPSA) is 15.3 Å². The lowest BCUT2D eigenvalue weighted by molar-refractivity contribution is 1.10. The van der Waals surface area contributed by atoms with Gasteiger partial charge in [-0.25, -0.2) is 0 Å². The van der Waals surface area contributed by atoms with Gasteiger partial charge in [0.05, 0.1) is 16.4 Å². The largest absolute Gasteiger partial charge is 0.379 e. The Kier molecular flexibility index (Phi) is 3.92. The minimum absolute atomic E-state index is 0.769. The van der Waals surface area contributed by atoms with Crippen LogP contribution in [0.2, 0.25) is 5.02 Å². The SMILES string of the molecule is CN(C)c1c(Cl)cccc1NCc1ccsc1. The summed E-state index contributed by atoms with van der Waals surface area (Å²) in [6, 6.07) is 8.04. The Morgan fingerprint density at radius 1 is 1.29 bits per heavy atom. The van der Waals surface area contributed by atoms with Crippen LogP contribution in [-0.2, 0) is 6.54 Å². The van der Waals surface area contributed by atoms with Gasteiger partial charge in [-0.05, 0) is 34.5 Å². The minimum atomic E-state index is 0.769. The lowest BCUT2D eigenvalue weighted by atomic mass is 10.2. The Morgan fingerprint density at radius 3 is 2.76 bits per heavy atom. The van der Waals surface area contributed by atoms with Crippen LogP contribution in [0.5, 0.6) is 0 Å². The maximum atomic E-state index is 6.21. The Hall–Kier alpha value is -1.19. The first kappa shape index (κ1) is 12.3. The van der Waals surface area contributed by atoms with Crippen LogP contribution in [0.15, 0.2) is 35.0 Å². The van der Waals surface area contributed by atoms with Crippen molar-refractivity contribution >= 4 is 34.3 Å². The molecule has 0 aliphatic heterocycles. The molecular formula is C13H15ClN2S. The number of thiophene rings is 1. The molecule has 1 heterocycles. The van der Waals surface area contributed by atoms with E-state index in [-0.39, 0.29) is 0 Å². The fourth-order valence-electron chi connectivity index (χ4n) is 1.70. The number of halogens is 1. The highest BCUT2D eigenvalue weighted by molar-refractivity contribution is 7.07. The molecule has 1 aromatic carbocycles. The summed E-state index contributed by atoms with van der Waals surface area (Å²) in [7, 11) is 3.99. The van der Waals surface area contributed by atoms with Crippen molar-refractivity contribution in [1.82, 2.24) is 0 Å². The van der Waals surface area contributed by atoms with Crippen LogP contribution in [0.3, 0.4) is 0 Å². The lowest BCUT2D eigenvalue weighted by Crippen LogP contribution is -2.12. The minimum Gasteiger partial charge on any atom is -0.379 e. The van der Waals surface area contributed by atoms with Crippen molar-refractivity contribution in [3.8, 4) is 0 Å². The average molecular weight is 267 g/mol. The third-order valence-electron chi connectivity index (χ3n) is 2.50. The van der Waals surface area contributed by atoms with Crippen molar-refractivity contribution in [3.05, 3.63) is 45.6 Å². The lowest BCUT2D eigenvalue weighted by Gasteiger charge is -2.19. The molecular weight excluding hydrogens is 252 g/mol. The molecule has 2 aromatic rings. The molecule has 0 aliphatic carbocycles. The van der Waals surface area contributed by atoms with Crippen molar-refractivity contribution < 1.29 is 0 Å². The second-order valence-electron chi connectivity index (χ2n) is 4.02. The van der Waals surface area contributed by atoms with Gasteiger partial charge in [0.1, 0.15) is 0 Å². The third kappa shape index (κ3) is 2.93. The third-order valence-corrected chi connectivity index (χ3v) is 3.53. The fraction of sp³-hybridized carbons (Fsp3) is 0.231. The van der Waals surface area contributed by atoms with E-state index >= 15 is 0 Å². The van der Waals surface area contributed by atoms with E-state index in [4.69, 9.17) is 11.6 Å². The number of benzene rings is 1. The first-order valence-electron chi connectivity index (χ1n) is 5.39. The summed E-state index contributed by atoms with van der Waals surface area (Å²) in [5.74, 6) is 0. The average Bonchev–Trinajstić information content (AvgIpc) is 2.78. The number of hydrogen-bond donors (Lipinski definition) is 1. The molecule has 0 unspecified atom stereocenters. The molecule has 0 spiro atoms. The summed E-state index contributed by atoms with van der Waals surface area (Å²) in [5.41, 5.74) is 3.39. The summed E-state index contributed by atoms with van der Waals surface area (Å²) in [6.07, 6.45) is 0. The molecule has 0 amide bonds. The fourth-order valence-corrected chi connectivity index (χ4v) is 2.72. The molecule has 0 fully saturated rings. The molecule has 1 aromatic heterocycles. The molecule has 0 atom stereocenters. The predicted molar refractivity (Wildman–Crippen MR) is 77.4 cm³/mol. The van der Waals surface area contributed by atoms with Gasteiger partial charge in [0.15, 0.2) is 0 Å². The van der Waals surface area contributed by atoms with Crippen molar-refractivity contribution in [2.24, 2.45) is 0 Å². The number of nitrogens with zero attached hydrogens (tertiary/aromatic N) is 1. The van der Waals surface area contributed by atoms with Gasteiger partial charge in [0.2, 0.25) is 0 Å². The molecule has 0 bridgehead atoms. The van der Waals surface area contributed by atoms with Gasteiger partial charge in [-0.2, -0.15) is 11.3 Å². The van der Waals surface area contributed by atoms with E-state index in [1.54, 1.807) is 11.3 Å². The van der Waals surface area contributed by atoms with E-state index in [2.05, 4.69) is 22.1 Å². The summed E-state index contributed by atoms with van der Waals surface area (Å²) in [4.78, 5) is 2.03. The van der Waals surface area contributed by atoms with Crippen LogP contribution in [0, 0.1) is 0 Å². The second-order valence-corrected chi connectivity index (χ2v) is 5.20. The predicted octanol–water partition coefficient (Wildman–Crippen LogP) is 4.08. The van der Waals surface area contributed by atoms with Crippen molar-refractivity contribution in [2.45, 2.75) is 6.54 Å². The standard InChI is InChI=1S/C13H15ClN2S/c1-16(2)13-11(14)4-3-5-12(13)15-8-10-6-7-17-9-10/h3-7,9,15H,8H2,1-2H3. The molecule has 2 nitrogen and oxygen atoms in total. The molecule has 90 valence electrons. The number of anilines is 2. The van der Waals surface area contributed by atoms with Crippen LogP contribution in [-0.4, -0.2) is 14.1 Å². The summed E-state index contributed by atoms with van der Waals surface area (Å²) in [5, 5.41) is 8.42. The van der Waals surface area contributed by atoms with E-state index in [0.717, 1.165) is 22.9 Å². The zero-order valence-corrected chi connectivity index (χ0v) is 11.5. The Balaban J connectivity index is 2.18. The zero-order valence-electron chi connectivity index (χ0n) is 9.90. The van der Waals surface area contributed by atoms with Gasteiger partial charge in [0, 0.05) is 20.6 Å². The summed E-state index contributed by atoms with van der Waals surface area (Å²) >= 11 is 7.92. The number of hydrogen-bond acceptors (Lipinski definition) is 3. The summed E-state index contributed by atoms with van der Waals surface area (Å²) < 4.78 is 0. The molecule has 1 N–H and O–H groups in total. The first-order chi connectivity index (χ1) is 8.18. The Labute approximate surface area is 111 Å². The normalized spacial score (nSPS) is 10.3. The van der Waals surface area contributed by atoms with Crippen LogP contribution in [0.25, 0.3) is 0 Å². The first-order valence-corrected chi connectivity index (χ1v) is 6.71. The molecule has 0 aliphatic rings. The van der Waals surface area contributed by atoms with E-state index in [9.17, 15) is 0 Å². The molecule has 17 heavy (non-hydrogen) atoms. The van der Waals surface area contributed by atoms with Gasteiger partial charge < -0.3 is 10.2 Å². The van der Waals surface area contributed by atoms with Gasteiger partial charge >= 0.3 is 0 Å². The maximum Gasteiger partial charge on any atom is 0.0786 e. The van der Waals surface area contributed by atoms with E-state index in [0.29, 0.717) is 0 Å². The van der Waals surface area contributed by atoms with Crippen LogP contribution >= 0.6 is 22.9 Å². The number of nitrogens with one attached hydrogen (secondary N) is 1. The number of para-hydroxylation sites is 1. The number of rotatable bonds is 4. The van der Waals surface area contributed by atoms with E-state index in [1.165, 1.54) is 5.56 Å². The molecule has 0 saturated heterocycles. The van der Waals surface area contributed by atoms with Crippen LogP contribution in [0.1, 0.15) is 5.56 Å². The van der Waals surface area contributed by atoms with E-state index in [1.807, 2.05) is 37.2 Å². The highest BCUT2D eigenvalue weighted by atomic mass is 35.5. The van der Waals surface area contributed by atoms with Gasteiger partial charge in [-0.15, -0.1) is 0 Å². The molecule has 0 radical (unpaired) electrons. The van der Waals surface area contributed by atoms with Gasteiger partial charge in [-0.1, -0.05) is 17.7 Å². The smallest absolute Gasteiger partial charge is 0.0786 e. The Bertz CT molecular complexity index is 480. The molecule has 4 heteroatoms. The van der Waals surface area contributed by atoms with Crippen molar-refractivity contribution in [3.63, 3.8) is 0 Å². The highest BCUT2D eigenvalue weighted by Gasteiger charge is 2.08. The quantitative estimate of drug-likeness (QED) is 0.897. The molecule has 0 saturated carbocycles. The van der Waals surface area contributed by atoms with Crippen LogP contribution < -0.4 is 10.2 Å². The maximum absolute atomic E-state index is 6.21. The van der Waals surface area contributed by atoms with Gasteiger partial charge in [0.25, 0.3) is 0 Å². The van der Waals surface area contributed by atoms with Gasteiger partial charge in [-0.3, -0.25) is 0 Å². The zero-order chi connectivity index (χ0) is 12.3. The monoisotopic (exact) mass is 266 g/mol. The van der Waals surface area contributed by atoms with Crippen LogP contribution in [0.4, 0.5) is 11.4 Å². The van der Waals surface area contributed by atoms with Crippen molar-refractivity contribution in [2.75, 3.05) is 24.3 Å². The summed E-state index contributed by atoms with van der Waals surface area (Å²) in [6.45, 7) is 0.824. The molecule has 2 rings (SSSR count). The highest BCUT2D eigenvalue weighted by Crippen LogP contribution is 2.32.